The number of aliphatic imine (C=N–C) groups is 1. The molecule has 0 aromatic carbocycles. The average molecular weight is 696 g/mol. The Kier molecular flexibility index (Phi) is 14.7. The molecule has 0 bridgehead atoms. The van der Waals surface area contributed by atoms with Gasteiger partial charge in [-0.25, -0.2) is 4.39 Å². The number of rotatable bonds is 14. The van der Waals surface area contributed by atoms with Crippen LogP contribution in [0.2, 0.25) is 0 Å². The Morgan fingerprint density at radius 2 is 1.73 bits per heavy atom. The van der Waals surface area contributed by atoms with E-state index in [1.807, 2.05) is 0 Å². The molecule has 18 nitrogen and oxygen atoms in total. The fraction of sp³-hybridized carbons (Fsp3) is 0.931. The number of aliphatic hydroxyl groups excluding tert-OH is 5. The molecule has 3 saturated heterocycles. The van der Waals surface area contributed by atoms with Crippen LogP contribution in [0.5, 0.6) is 0 Å². The number of Topliss-reactive ketones (excluding diaryl/α,β-unsaturated/α-hetero) is 1. The van der Waals surface area contributed by atoms with Crippen molar-refractivity contribution >= 4 is 11.7 Å². The summed E-state index contributed by atoms with van der Waals surface area (Å²) < 4.78 is 45.6. The lowest BCUT2D eigenvalue weighted by molar-refractivity contribution is -0.315. The van der Waals surface area contributed by atoms with Gasteiger partial charge in [-0.3, -0.25) is 9.79 Å². The van der Waals surface area contributed by atoms with E-state index in [-0.39, 0.29) is 57.4 Å². The van der Waals surface area contributed by atoms with Crippen molar-refractivity contribution in [3.63, 3.8) is 0 Å². The summed E-state index contributed by atoms with van der Waals surface area (Å²) in [6.07, 6.45) is -14.2. The van der Waals surface area contributed by atoms with Crippen LogP contribution in [0.1, 0.15) is 38.5 Å². The third-order valence-corrected chi connectivity index (χ3v) is 9.47. The van der Waals surface area contributed by atoms with E-state index in [0.717, 1.165) is 12.8 Å². The average Bonchev–Trinajstić information content (AvgIpc) is 3.58. The van der Waals surface area contributed by atoms with Crippen LogP contribution < -0.4 is 34.0 Å². The highest BCUT2D eigenvalue weighted by Crippen LogP contribution is 2.37. The van der Waals surface area contributed by atoms with E-state index in [0.29, 0.717) is 6.61 Å². The first kappa shape index (κ1) is 39.1. The van der Waals surface area contributed by atoms with Crippen molar-refractivity contribution in [3.8, 4) is 0 Å². The van der Waals surface area contributed by atoms with Crippen molar-refractivity contribution in [1.82, 2.24) is 5.32 Å². The summed E-state index contributed by atoms with van der Waals surface area (Å²) >= 11 is 0. The largest absolute Gasteiger partial charge is 0.394 e. The van der Waals surface area contributed by atoms with E-state index >= 15 is 4.39 Å². The molecule has 1 aliphatic carbocycles. The number of halogens is 1. The Bertz CT molecular complexity index is 1050. The van der Waals surface area contributed by atoms with Gasteiger partial charge < -0.3 is 83.2 Å². The molecule has 0 aromatic rings. The topological polar surface area (TPSA) is 319 Å². The van der Waals surface area contributed by atoms with E-state index < -0.39 is 104 Å². The van der Waals surface area contributed by atoms with Crippen LogP contribution in [0.25, 0.3) is 0 Å². The zero-order valence-corrected chi connectivity index (χ0v) is 26.9. The van der Waals surface area contributed by atoms with Crippen molar-refractivity contribution < 1.29 is 58.4 Å². The van der Waals surface area contributed by atoms with Gasteiger partial charge in [0, 0.05) is 25.6 Å². The predicted molar refractivity (Wildman–Crippen MR) is 166 cm³/mol. The second kappa shape index (κ2) is 18.0. The van der Waals surface area contributed by atoms with Gasteiger partial charge in [0.2, 0.25) is 0 Å². The summed E-state index contributed by atoms with van der Waals surface area (Å²) in [5.74, 6) is -1.67. The predicted octanol–water partition coefficient (Wildman–Crippen LogP) is -5.24. The second-order valence-electron chi connectivity index (χ2n) is 13.1. The molecular weight excluding hydrogens is 641 g/mol. The number of hydrogen-bond donors (Lipinski definition) is 11. The van der Waals surface area contributed by atoms with Crippen LogP contribution in [-0.2, 0) is 28.5 Å². The lowest BCUT2D eigenvalue weighted by Crippen LogP contribution is -2.67. The van der Waals surface area contributed by atoms with E-state index in [9.17, 15) is 30.3 Å². The maximum Gasteiger partial charge on any atom is 0.189 e. The zero-order chi connectivity index (χ0) is 35.1. The summed E-state index contributed by atoms with van der Waals surface area (Å²) in [5, 5.41) is 55.4. The molecule has 19 heteroatoms. The van der Waals surface area contributed by atoms with Gasteiger partial charge in [0.05, 0.1) is 49.7 Å². The van der Waals surface area contributed by atoms with Crippen LogP contribution in [-0.4, -0.2) is 162 Å². The number of guanidine groups is 1. The minimum atomic E-state index is -2.06. The van der Waals surface area contributed by atoms with Crippen molar-refractivity contribution in [2.75, 3.05) is 32.8 Å². The molecule has 16 N–H and O–H groups in total. The minimum absolute atomic E-state index is 0.0112. The van der Waals surface area contributed by atoms with E-state index in [2.05, 4.69) is 10.3 Å². The van der Waals surface area contributed by atoms with Gasteiger partial charge in [0.1, 0.15) is 30.5 Å². The van der Waals surface area contributed by atoms with Crippen molar-refractivity contribution in [1.29, 1.82) is 0 Å². The molecule has 48 heavy (non-hydrogen) atoms. The molecule has 0 aromatic heterocycles. The van der Waals surface area contributed by atoms with Crippen molar-refractivity contribution in [2.45, 2.75) is 130 Å². The van der Waals surface area contributed by atoms with Crippen molar-refractivity contribution in [2.24, 2.45) is 39.6 Å². The SMILES string of the molecule is NCC[C@H](O)C(=O)C[C@@H]1CC(N)[C@@H](O[C@H]2OC(CN)[C@@H](O)CC2N)[C@H](F)C1OC1O[C@H](CO)[C@@H](O)C(NC(N)=NCC2CCCO2)[C@H]1O. The molecule has 3 heterocycles. The standard InChI is InChI=1S/C29H54FN7O11/c30-21-25(47-28-24(43)22(23(42)20(11-38)46-28)37-29(35)36-10-13-2-1-5-44-13)12(7-17(40)16(39)3-4-31)6-14(33)26(21)48-27-15(34)8-18(41)19(9-32)45-27/h12-16,18-28,38-39,41-43H,1-11,31-34H2,(H3,35,36,37)/t12-,13?,14?,15?,16-,18-,19?,20+,21+,22?,23+,24+,25?,26+,27+,28?/m0/s1. The van der Waals surface area contributed by atoms with Crippen LogP contribution in [0.15, 0.2) is 4.99 Å². The first-order valence-corrected chi connectivity index (χ1v) is 16.6. The maximum absolute atomic E-state index is 16.6. The molecule has 7 unspecified atom stereocenters. The fourth-order valence-electron chi connectivity index (χ4n) is 6.71. The Labute approximate surface area is 278 Å². The first-order chi connectivity index (χ1) is 22.9. The Morgan fingerprint density at radius 1 is 1.02 bits per heavy atom. The van der Waals surface area contributed by atoms with E-state index in [4.69, 9.17) is 52.4 Å². The smallest absolute Gasteiger partial charge is 0.189 e. The van der Waals surface area contributed by atoms with Gasteiger partial charge >= 0.3 is 0 Å². The number of nitrogens with one attached hydrogen (secondary N) is 1. The highest BCUT2D eigenvalue weighted by molar-refractivity contribution is 5.83. The van der Waals surface area contributed by atoms with Crippen molar-refractivity contribution in [3.05, 3.63) is 0 Å². The van der Waals surface area contributed by atoms with E-state index in [1.54, 1.807) is 0 Å². The first-order valence-electron chi connectivity index (χ1n) is 16.6. The number of aliphatic hydroxyl groups is 5. The van der Waals surface area contributed by atoms with Gasteiger partial charge in [-0.15, -0.1) is 0 Å². The third-order valence-electron chi connectivity index (χ3n) is 9.47. The molecule has 0 spiro atoms. The summed E-state index contributed by atoms with van der Waals surface area (Å²) in [7, 11) is 0. The molecule has 3 aliphatic heterocycles. The molecule has 278 valence electrons. The number of alkyl halides is 1. The second-order valence-corrected chi connectivity index (χ2v) is 13.1. The van der Waals surface area contributed by atoms with Crippen LogP contribution >= 0.6 is 0 Å². The number of carbonyl (C=O) groups excluding carboxylic acids is 1. The molecule has 0 amide bonds. The lowest BCUT2D eigenvalue weighted by atomic mass is 9.77. The number of hydrogen-bond acceptors (Lipinski definition) is 16. The van der Waals surface area contributed by atoms with Crippen LogP contribution in [0, 0.1) is 5.92 Å². The zero-order valence-electron chi connectivity index (χ0n) is 26.9. The summed E-state index contributed by atoms with van der Waals surface area (Å²) in [5.41, 5.74) is 29.8. The maximum atomic E-state index is 16.6. The van der Waals surface area contributed by atoms with Gasteiger partial charge in [-0.1, -0.05) is 0 Å². The number of ketones is 1. The summed E-state index contributed by atoms with van der Waals surface area (Å²) in [6.45, 7) is 0.165. The number of ether oxygens (including phenoxy) is 5. The molecule has 0 radical (unpaired) electrons. The third kappa shape index (κ3) is 9.55. The highest BCUT2D eigenvalue weighted by Gasteiger charge is 2.52. The molecule has 4 rings (SSSR count). The highest BCUT2D eigenvalue weighted by atomic mass is 19.1. The van der Waals surface area contributed by atoms with E-state index in [1.165, 1.54) is 0 Å². The number of carbonyl (C=O) groups is 1. The Balaban J connectivity index is 1.55. The summed E-state index contributed by atoms with van der Waals surface area (Å²) in [6, 6.07) is -3.12. The summed E-state index contributed by atoms with van der Waals surface area (Å²) in [4.78, 5) is 17.1. The van der Waals surface area contributed by atoms with Gasteiger partial charge in [-0.05, 0) is 44.6 Å². The minimum Gasteiger partial charge on any atom is -0.394 e. The molecule has 1 saturated carbocycles. The number of nitrogens with two attached hydrogens (primary N) is 5. The van der Waals surface area contributed by atoms with Gasteiger partial charge in [-0.2, -0.15) is 0 Å². The molecule has 16 atom stereocenters. The quantitative estimate of drug-likeness (QED) is 0.0597. The monoisotopic (exact) mass is 695 g/mol. The molecule has 4 fully saturated rings. The molecular formula is C29H54FN7O11. The molecule has 4 aliphatic rings. The number of nitrogens with zero attached hydrogens (tertiary/aromatic N) is 1. The fourth-order valence-corrected chi connectivity index (χ4v) is 6.71. The Morgan fingerprint density at radius 3 is 2.38 bits per heavy atom. The lowest BCUT2D eigenvalue weighted by Gasteiger charge is -2.48. The normalized spacial score (nSPS) is 43.2. The van der Waals surface area contributed by atoms with Crippen LogP contribution in [0.3, 0.4) is 0 Å². The van der Waals surface area contributed by atoms with Gasteiger partial charge in [0.25, 0.3) is 0 Å². The van der Waals surface area contributed by atoms with Gasteiger partial charge in [0.15, 0.2) is 30.5 Å². The Hall–Kier alpha value is -1.69. The van der Waals surface area contributed by atoms with Crippen LogP contribution in [0.4, 0.5) is 4.39 Å².